The Hall–Kier alpha value is -3.19. The molecule has 0 aliphatic heterocycles. The number of hydrogen-bond acceptors (Lipinski definition) is 3. The van der Waals surface area contributed by atoms with Gasteiger partial charge in [0, 0.05) is 30.9 Å². The monoisotopic (exact) mass is 388 g/mol. The van der Waals surface area contributed by atoms with Gasteiger partial charge in [-0.1, -0.05) is 12.1 Å². The maximum atomic E-state index is 13.0. The second-order valence-electron chi connectivity index (χ2n) is 5.55. The fourth-order valence-corrected chi connectivity index (χ4v) is 2.41. The van der Waals surface area contributed by atoms with Gasteiger partial charge in [0.1, 0.15) is 11.6 Å². The van der Waals surface area contributed by atoms with Crippen LogP contribution < -0.4 is 10.6 Å². The molecule has 140 valence electrons. The van der Waals surface area contributed by atoms with Crippen LogP contribution in [0.25, 0.3) is 0 Å². The molecule has 2 aromatic carbocycles. The Balaban J connectivity index is 0.00000261. The average Bonchev–Trinajstić information content (AvgIpc) is 3.16. The Kier molecular flexibility index (Phi) is 7.08. The molecule has 3 N–H and O–H groups in total. The number of rotatable bonds is 6. The van der Waals surface area contributed by atoms with Crippen LogP contribution in [0.5, 0.6) is 0 Å². The third-order valence-corrected chi connectivity index (χ3v) is 3.73. The maximum Gasteiger partial charge on any atom is 0.255 e. The summed E-state index contributed by atoms with van der Waals surface area (Å²) < 4.78 is 13.0. The fraction of sp³-hybridized carbons (Fsp3) is 0.105. The summed E-state index contributed by atoms with van der Waals surface area (Å²) >= 11 is 0. The molecule has 6 nitrogen and oxygen atoms in total. The van der Waals surface area contributed by atoms with Crippen LogP contribution in [0.3, 0.4) is 0 Å². The molecule has 2 amide bonds. The molecule has 27 heavy (non-hydrogen) atoms. The number of benzene rings is 2. The summed E-state index contributed by atoms with van der Waals surface area (Å²) in [7, 11) is 0. The van der Waals surface area contributed by atoms with E-state index in [1.807, 2.05) is 0 Å². The van der Waals surface area contributed by atoms with Gasteiger partial charge in [-0.15, -0.1) is 12.4 Å². The van der Waals surface area contributed by atoms with E-state index in [4.69, 9.17) is 0 Å². The molecule has 0 atom stereocenters. The molecule has 8 heteroatoms. The number of halogens is 2. The molecule has 0 radical (unpaired) electrons. The fourth-order valence-electron chi connectivity index (χ4n) is 2.41. The van der Waals surface area contributed by atoms with Crippen molar-refractivity contribution in [1.82, 2.24) is 15.3 Å². The van der Waals surface area contributed by atoms with Gasteiger partial charge in [0.2, 0.25) is 0 Å². The van der Waals surface area contributed by atoms with Crippen molar-refractivity contribution in [3.63, 3.8) is 0 Å². The first kappa shape index (κ1) is 20.1. The summed E-state index contributed by atoms with van der Waals surface area (Å²) in [6.45, 7) is 0.409. The highest BCUT2D eigenvalue weighted by Gasteiger charge is 2.14. The van der Waals surface area contributed by atoms with E-state index < -0.39 is 11.7 Å². The van der Waals surface area contributed by atoms with Crippen molar-refractivity contribution in [3.05, 3.63) is 83.7 Å². The van der Waals surface area contributed by atoms with Crippen molar-refractivity contribution >= 4 is 29.9 Å². The zero-order valence-electron chi connectivity index (χ0n) is 14.2. The number of para-hydroxylation sites is 1. The minimum atomic E-state index is -0.419. The van der Waals surface area contributed by atoms with Gasteiger partial charge in [-0.25, -0.2) is 9.37 Å². The number of nitrogens with zero attached hydrogens (tertiary/aromatic N) is 1. The number of amides is 2. The molecule has 1 heterocycles. The molecule has 0 aliphatic rings. The Morgan fingerprint density at radius 3 is 2.48 bits per heavy atom. The largest absolute Gasteiger partial charge is 0.352 e. The summed E-state index contributed by atoms with van der Waals surface area (Å²) in [6, 6.07) is 11.9. The lowest BCUT2D eigenvalue weighted by molar-refractivity contribution is 0.0955. The number of anilines is 1. The normalized spacial score (nSPS) is 9.96. The molecule has 0 fully saturated rings. The molecule has 0 unspecified atom stereocenters. The lowest BCUT2D eigenvalue weighted by atomic mass is 10.1. The number of carbonyl (C=O) groups is 2. The lowest BCUT2D eigenvalue weighted by Gasteiger charge is -2.11. The Morgan fingerprint density at radius 2 is 1.78 bits per heavy atom. The number of hydrogen-bond donors (Lipinski definition) is 3. The molecule has 3 aromatic rings. The smallest absolute Gasteiger partial charge is 0.255 e. The molecule has 0 spiro atoms. The standard InChI is InChI=1S/C19H17FN4O2.ClH/c20-14-7-5-13(6-8-14)18(25)24-16-4-2-1-3-15(16)19(26)23-10-9-17-21-11-12-22-17;/h1-8,11-12H,9-10H2,(H,21,22)(H,23,26)(H,24,25);1H. The van der Waals surface area contributed by atoms with Crippen molar-refractivity contribution in [2.45, 2.75) is 6.42 Å². The predicted molar refractivity (Wildman–Crippen MR) is 103 cm³/mol. The molecule has 0 bridgehead atoms. The van der Waals surface area contributed by atoms with Gasteiger partial charge in [0.05, 0.1) is 11.3 Å². The molecule has 0 aliphatic carbocycles. The zero-order valence-corrected chi connectivity index (χ0v) is 15.1. The van der Waals surface area contributed by atoms with Crippen molar-refractivity contribution in [3.8, 4) is 0 Å². The van der Waals surface area contributed by atoms with Crippen LogP contribution in [0, 0.1) is 5.82 Å². The van der Waals surface area contributed by atoms with E-state index in [1.165, 1.54) is 24.3 Å². The van der Waals surface area contributed by atoms with Crippen molar-refractivity contribution in [1.29, 1.82) is 0 Å². The van der Waals surface area contributed by atoms with Gasteiger partial charge in [-0.05, 0) is 36.4 Å². The highest BCUT2D eigenvalue weighted by Crippen LogP contribution is 2.16. The number of carbonyl (C=O) groups excluding carboxylic acids is 2. The number of imidazole rings is 1. The Labute approximate surface area is 161 Å². The van der Waals surface area contributed by atoms with Gasteiger partial charge in [-0.2, -0.15) is 0 Å². The molecule has 0 saturated carbocycles. The molecule has 0 saturated heterocycles. The molecular weight excluding hydrogens is 371 g/mol. The van der Waals surface area contributed by atoms with Crippen LogP contribution in [0.2, 0.25) is 0 Å². The van der Waals surface area contributed by atoms with Gasteiger partial charge >= 0.3 is 0 Å². The van der Waals surface area contributed by atoms with E-state index >= 15 is 0 Å². The van der Waals surface area contributed by atoms with E-state index in [-0.39, 0.29) is 18.3 Å². The van der Waals surface area contributed by atoms with E-state index in [2.05, 4.69) is 20.6 Å². The molecule has 1 aromatic heterocycles. The summed E-state index contributed by atoms with van der Waals surface area (Å²) in [4.78, 5) is 31.8. The maximum absolute atomic E-state index is 13.0. The van der Waals surface area contributed by atoms with Crippen LogP contribution in [0.15, 0.2) is 60.9 Å². The lowest BCUT2D eigenvalue weighted by Crippen LogP contribution is -2.27. The molecular formula is C19H18ClFN4O2. The van der Waals surface area contributed by atoms with Crippen molar-refractivity contribution < 1.29 is 14.0 Å². The summed E-state index contributed by atoms with van der Waals surface area (Å²) in [6.07, 6.45) is 3.94. The minimum Gasteiger partial charge on any atom is -0.352 e. The SMILES string of the molecule is Cl.O=C(Nc1ccccc1C(=O)NCCc1ncc[nH]1)c1ccc(F)cc1. The van der Waals surface area contributed by atoms with E-state index in [0.29, 0.717) is 29.8 Å². The van der Waals surface area contributed by atoms with Gasteiger partial charge in [0.25, 0.3) is 11.8 Å². The summed E-state index contributed by atoms with van der Waals surface area (Å²) in [5.41, 5.74) is 1.04. The first-order chi connectivity index (χ1) is 12.6. The molecule has 3 rings (SSSR count). The van der Waals surface area contributed by atoms with E-state index in [9.17, 15) is 14.0 Å². The van der Waals surface area contributed by atoms with Crippen LogP contribution in [-0.4, -0.2) is 28.3 Å². The highest BCUT2D eigenvalue weighted by atomic mass is 35.5. The zero-order chi connectivity index (χ0) is 18.4. The van der Waals surface area contributed by atoms with Crippen LogP contribution in [0.1, 0.15) is 26.5 Å². The average molecular weight is 389 g/mol. The number of aromatic amines is 1. The third kappa shape index (κ3) is 5.39. The van der Waals surface area contributed by atoms with Crippen molar-refractivity contribution in [2.24, 2.45) is 0 Å². The second kappa shape index (κ2) is 9.49. The number of aromatic nitrogens is 2. The predicted octanol–water partition coefficient (Wildman–Crippen LogP) is 3.20. The van der Waals surface area contributed by atoms with Crippen LogP contribution in [-0.2, 0) is 6.42 Å². The first-order valence-corrected chi connectivity index (χ1v) is 8.06. The van der Waals surface area contributed by atoms with Gasteiger partial charge in [-0.3, -0.25) is 9.59 Å². The van der Waals surface area contributed by atoms with Crippen LogP contribution in [0.4, 0.5) is 10.1 Å². The van der Waals surface area contributed by atoms with E-state index in [0.717, 1.165) is 5.82 Å². The highest BCUT2D eigenvalue weighted by molar-refractivity contribution is 6.08. The van der Waals surface area contributed by atoms with Crippen LogP contribution >= 0.6 is 12.4 Å². The van der Waals surface area contributed by atoms with Gasteiger partial charge in [0.15, 0.2) is 0 Å². The topological polar surface area (TPSA) is 86.9 Å². The number of H-pyrrole nitrogens is 1. The Bertz CT molecular complexity index is 898. The first-order valence-electron chi connectivity index (χ1n) is 8.06. The van der Waals surface area contributed by atoms with Crippen molar-refractivity contribution in [2.75, 3.05) is 11.9 Å². The van der Waals surface area contributed by atoms with E-state index in [1.54, 1.807) is 36.7 Å². The second-order valence-corrected chi connectivity index (χ2v) is 5.55. The summed E-state index contributed by atoms with van der Waals surface area (Å²) in [5.74, 6) is -0.353. The Morgan fingerprint density at radius 1 is 1.04 bits per heavy atom. The van der Waals surface area contributed by atoms with Gasteiger partial charge < -0.3 is 15.6 Å². The third-order valence-electron chi connectivity index (χ3n) is 3.73. The number of nitrogens with one attached hydrogen (secondary N) is 3. The minimum absolute atomic E-state index is 0. The summed E-state index contributed by atoms with van der Waals surface area (Å²) in [5, 5.41) is 5.49. The quantitative estimate of drug-likeness (QED) is 0.606.